The predicted octanol–water partition coefficient (Wildman–Crippen LogP) is 2.43. The van der Waals surface area contributed by atoms with Gasteiger partial charge in [-0.25, -0.2) is 4.98 Å². The second-order valence-corrected chi connectivity index (χ2v) is 5.69. The molecule has 0 radical (unpaired) electrons. The fourth-order valence-corrected chi connectivity index (χ4v) is 3.48. The number of thiazole rings is 1. The molecule has 1 aliphatic heterocycles. The van der Waals surface area contributed by atoms with Crippen LogP contribution in [0, 0.1) is 0 Å². The lowest BCUT2D eigenvalue weighted by atomic mass is 10.4. The lowest BCUT2D eigenvalue weighted by Gasteiger charge is -2.24. The maximum absolute atomic E-state index is 5.71. The second kappa shape index (κ2) is 5.35. The molecule has 1 aromatic rings. The van der Waals surface area contributed by atoms with Crippen LogP contribution in [0.15, 0.2) is 5.38 Å². The summed E-state index contributed by atoms with van der Waals surface area (Å²) in [6.07, 6.45) is 0. The van der Waals surface area contributed by atoms with Crippen molar-refractivity contribution in [1.29, 1.82) is 0 Å². The van der Waals surface area contributed by atoms with Gasteiger partial charge >= 0.3 is 0 Å². The first kappa shape index (κ1) is 10.7. The van der Waals surface area contributed by atoms with Gasteiger partial charge in [0.15, 0.2) is 0 Å². The highest BCUT2D eigenvalue weighted by molar-refractivity contribution is 7.99. The first-order valence-corrected chi connectivity index (χ1v) is 7.24. The smallest absolute Gasteiger partial charge is 0.107 e. The lowest BCUT2D eigenvalue weighted by molar-refractivity contribution is 0.294. The predicted molar refractivity (Wildman–Crippen MR) is 64.3 cm³/mol. The Balaban J connectivity index is 1.89. The minimum absolute atomic E-state index is 0.534. The molecule has 0 bridgehead atoms. The number of halogens is 1. The van der Waals surface area contributed by atoms with Gasteiger partial charge in [0, 0.05) is 30.0 Å². The summed E-state index contributed by atoms with van der Waals surface area (Å²) in [5, 5.41) is 3.26. The molecule has 2 nitrogen and oxygen atoms in total. The summed E-state index contributed by atoms with van der Waals surface area (Å²) < 4.78 is 0. The quantitative estimate of drug-likeness (QED) is 0.765. The molecule has 0 aliphatic carbocycles. The van der Waals surface area contributed by atoms with Crippen molar-refractivity contribution >= 4 is 34.7 Å². The Kier molecular flexibility index (Phi) is 4.10. The number of aromatic nitrogens is 1. The van der Waals surface area contributed by atoms with Gasteiger partial charge < -0.3 is 0 Å². The molecule has 0 N–H and O–H groups in total. The number of hydrogen-bond donors (Lipinski definition) is 0. The topological polar surface area (TPSA) is 16.1 Å². The summed E-state index contributed by atoms with van der Waals surface area (Å²) >= 11 is 9.47. The molecule has 0 unspecified atom stereocenters. The van der Waals surface area contributed by atoms with E-state index in [-0.39, 0.29) is 0 Å². The highest BCUT2D eigenvalue weighted by atomic mass is 35.5. The molecule has 1 saturated heterocycles. The van der Waals surface area contributed by atoms with Crippen molar-refractivity contribution in [2.75, 3.05) is 24.6 Å². The Morgan fingerprint density at radius 1 is 1.43 bits per heavy atom. The van der Waals surface area contributed by atoms with Crippen LogP contribution in [-0.4, -0.2) is 34.5 Å². The van der Waals surface area contributed by atoms with Gasteiger partial charge in [-0.3, -0.25) is 4.90 Å². The van der Waals surface area contributed by atoms with Crippen LogP contribution in [-0.2, 0) is 12.4 Å². The molecule has 0 spiro atoms. The summed E-state index contributed by atoms with van der Waals surface area (Å²) in [6, 6.07) is 0. The number of hydrogen-bond acceptors (Lipinski definition) is 4. The van der Waals surface area contributed by atoms with E-state index in [1.54, 1.807) is 11.3 Å². The molecule has 0 aromatic carbocycles. The Labute approximate surface area is 97.7 Å². The first-order chi connectivity index (χ1) is 6.88. The van der Waals surface area contributed by atoms with E-state index < -0.39 is 0 Å². The van der Waals surface area contributed by atoms with Gasteiger partial charge in [-0.1, -0.05) is 0 Å². The summed E-state index contributed by atoms with van der Waals surface area (Å²) in [6.45, 7) is 3.39. The first-order valence-electron chi connectivity index (χ1n) is 4.68. The van der Waals surface area contributed by atoms with Gasteiger partial charge in [0.2, 0.25) is 0 Å². The van der Waals surface area contributed by atoms with Crippen LogP contribution in [0.5, 0.6) is 0 Å². The third-order valence-corrected chi connectivity index (χ3v) is 4.30. The normalized spacial score (nSPS) is 18.6. The molecule has 1 aromatic heterocycles. The number of nitrogens with zero attached hydrogens (tertiary/aromatic N) is 2. The van der Waals surface area contributed by atoms with Crippen molar-refractivity contribution in [3.63, 3.8) is 0 Å². The molecular formula is C9H13ClN2S2. The zero-order chi connectivity index (χ0) is 9.80. The maximum atomic E-state index is 5.71. The molecular weight excluding hydrogens is 236 g/mol. The summed E-state index contributed by atoms with van der Waals surface area (Å²) in [4.78, 5) is 6.93. The molecule has 0 saturated carbocycles. The van der Waals surface area contributed by atoms with Gasteiger partial charge in [0.25, 0.3) is 0 Å². The van der Waals surface area contributed by atoms with Crippen LogP contribution in [0.25, 0.3) is 0 Å². The largest absolute Gasteiger partial charge is 0.295 e. The SMILES string of the molecule is ClCc1csc(CN2CCSCC2)n1. The Morgan fingerprint density at radius 2 is 2.21 bits per heavy atom. The minimum Gasteiger partial charge on any atom is -0.295 e. The van der Waals surface area contributed by atoms with E-state index in [1.165, 1.54) is 29.6 Å². The van der Waals surface area contributed by atoms with Gasteiger partial charge in [0.05, 0.1) is 18.1 Å². The van der Waals surface area contributed by atoms with Crippen molar-refractivity contribution in [2.45, 2.75) is 12.4 Å². The molecule has 2 heterocycles. The third-order valence-electron chi connectivity index (χ3n) is 2.20. The molecule has 78 valence electrons. The zero-order valence-corrected chi connectivity index (χ0v) is 10.3. The van der Waals surface area contributed by atoms with Gasteiger partial charge in [-0.2, -0.15) is 11.8 Å². The van der Waals surface area contributed by atoms with Crippen molar-refractivity contribution in [3.8, 4) is 0 Å². The zero-order valence-electron chi connectivity index (χ0n) is 7.91. The van der Waals surface area contributed by atoms with Gasteiger partial charge in [-0.15, -0.1) is 22.9 Å². The van der Waals surface area contributed by atoms with E-state index in [9.17, 15) is 0 Å². The molecule has 0 amide bonds. The van der Waals surface area contributed by atoms with E-state index in [1.807, 2.05) is 11.8 Å². The molecule has 1 aliphatic rings. The van der Waals surface area contributed by atoms with Crippen LogP contribution < -0.4 is 0 Å². The monoisotopic (exact) mass is 248 g/mol. The average molecular weight is 249 g/mol. The highest BCUT2D eigenvalue weighted by Crippen LogP contribution is 2.16. The molecule has 14 heavy (non-hydrogen) atoms. The minimum atomic E-state index is 0.534. The number of alkyl halides is 1. The Morgan fingerprint density at radius 3 is 2.86 bits per heavy atom. The summed E-state index contributed by atoms with van der Waals surface area (Å²) in [5.74, 6) is 3.05. The van der Waals surface area contributed by atoms with E-state index in [2.05, 4.69) is 15.3 Å². The van der Waals surface area contributed by atoms with Crippen molar-refractivity contribution in [1.82, 2.24) is 9.88 Å². The van der Waals surface area contributed by atoms with E-state index >= 15 is 0 Å². The molecule has 1 fully saturated rings. The fraction of sp³-hybridized carbons (Fsp3) is 0.667. The van der Waals surface area contributed by atoms with Gasteiger partial charge in [-0.05, 0) is 0 Å². The van der Waals surface area contributed by atoms with E-state index in [0.717, 1.165) is 12.2 Å². The van der Waals surface area contributed by atoms with Crippen LogP contribution in [0.4, 0.5) is 0 Å². The number of rotatable bonds is 3. The average Bonchev–Trinajstić information content (AvgIpc) is 2.67. The Hall–Kier alpha value is 0.230. The summed E-state index contributed by atoms with van der Waals surface area (Å²) in [7, 11) is 0. The van der Waals surface area contributed by atoms with E-state index in [0.29, 0.717) is 5.88 Å². The van der Waals surface area contributed by atoms with Crippen molar-refractivity contribution < 1.29 is 0 Å². The standard InChI is InChI=1S/C9H13ClN2S2/c10-5-8-7-14-9(11-8)6-12-1-3-13-4-2-12/h7H,1-6H2. The maximum Gasteiger partial charge on any atom is 0.107 e. The number of thioether (sulfide) groups is 1. The fourth-order valence-electron chi connectivity index (χ4n) is 1.43. The van der Waals surface area contributed by atoms with Crippen LogP contribution in [0.3, 0.4) is 0 Å². The third kappa shape index (κ3) is 2.86. The van der Waals surface area contributed by atoms with Gasteiger partial charge in [0.1, 0.15) is 5.01 Å². The molecule has 0 atom stereocenters. The van der Waals surface area contributed by atoms with Crippen LogP contribution in [0.1, 0.15) is 10.7 Å². The molecule has 2 rings (SSSR count). The summed E-state index contributed by atoms with van der Waals surface area (Å²) in [5.41, 5.74) is 1.01. The van der Waals surface area contributed by atoms with E-state index in [4.69, 9.17) is 11.6 Å². The Bertz CT molecular complexity index is 284. The van der Waals surface area contributed by atoms with Crippen molar-refractivity contribution in [3.05, 3.63) is 16.1 Å². The molecule has 5 heteroatoms. The van der Waals surface area contributed by atoms with Crippen LogP contribution >= 0.6 is 34.7 Å². The highest BCUT2D eigenvalue weighted by Gasteiger charge is 2.12. The van der Waals surface area contributed by atoms with Crippen LogP contribution in [0.2, 0.25) is 0 Å². The lowest BCUT2D eigenvalue weighted by Crippen LogP contribution is -2.31. The second-order valence-electron chi connectivity index (χ2n) is 3.25. The van der Waals surface area contributed by atoms with Crippen molar-refractivity contribution in [2.24, 2.45) is 0 Å².